The molecule has 0 N–H and O–H groups in total. The number of benzene rings is 2. The first kappa shape index (κ1) is 20.7. The normalized spacial score (nSPS) is 15.7. The first-order valence-corrected chi connectivity index (χ1v) is 11.6. The van der Waals surface area contributed by atoms with Crippen LogP contribution in [0.1, 0.15) is 44.2 Å². The molecule has 2 aromatic carbocycles. The van der Waals surface area contributed by atoms with Gasteiger partial charge in [-0.2, -0.15) is 0 Å². The highest BCUT2D eigenvalue weighted by molar-refractivity contribution is 7.99. The number of fused-ring (bicyclic) bond motifs is 1. The summed E-state index contributed by atoms with van der Waals surface area (Å²) in [5.74, 6) is 0.426. The summed E-state index contributed by atoms with van der Waals surface area (Å²) < 4.78 is 1.73. The molecule has 1 saturated heterocycles. The van der Waals surface area contributed by atoms with Gasteiger partial charge >= 0.3 is 0 Å². The van der Waals surface area contributed by atoms with Gasteiger partial charge in [-0.1, -0.05) is 67.1 Å². The van der Waals surface area contributed by atoms with Crippen molar-refractivity contribution in [2.45, 2.75) is 43.8 Å². The van der Waals surface area contributed by atoms with E-state index >= 15 is 0 Å². The number of nitrogens with zero attached hydrogens (tertiary/aromatic N) is 3. The highest BCUT2D eigenvalue weighted by Gasteiger charge is 2.21. The van der Waals surface area contributed by atoms with Crippen molar-refractivity contribution in [3.8, 4) is 0 Å². The highest BCUT2D eigenvalue weighted by Crippen LogP contribution is 2.25. The molecule has 2 heterocycles. The van der Waals surface area contributed by atoms with E-state index in [1.807, 2.05) is 66.4 Å². The number of hydrogen-bond donors (Lipinski definition) is 0. The number of hydrogen-bond acceptors (Lipinski definition) is 4. The van der Waals surface area contributed by atoms with Crippen molar-refractivity contribution in [2.75, 3.05) is 18.8 Å². The lowest BCUT2D eigenvalue weighted by Gasteiger charge is -2.22. The van der Waals surface area contributed by atoms with E-state index < -0.39 is 0 Å². The number of likely N-dealkylation sites (tertiary alicyclic amines) is 1. The topological polar surface area (TPSA) is 55.2 Å². The van der Waals surface area contributed by atoms with Gasteiger partial charge < -0.3 is 4.90 Å². The third-order valence-corrected chi connectivity index (χ3v) is 6.67. The average Bonchev–Trinajstić information content (AvgIpc) is 3.07. The molecule has 0 aliphatic carbocycles. The zero-order valence-electron chi connectivity index (χ0n) is 17.3. The molecule has 156 valence electrons. The summed E-state index contributed by atoms with van der Waals surface area (Å²) in [6, 6.07) is 17.2. The van der Waals surface area contributed by atoms with Crippen LogP contribution in [0.3, 0.4) is 0 Å². The van der Waals surface area contributed by atoms with Crippen LogP contribution in [0.2, 0.25) is 0 Å². The standard InChI is InChI=1S/C24H27N3O2S/c1-18(19-11-5-4-6-12-19)27-23(29)20-13-7-8-14-21(20)25-24(27)30-17-22(28)26-15-9-2-3-10-16-26/h4-8,11-14,18H,2-3,9-10,15-17H2,1H3/t18-/m0/s1. The highest BCUT2D eigenvalue weighted by atomic mass is 32.2. The van der Waals surface area contributed by atoms with Gasteiger partial charge in [-0.15, -0.1) is 0 Å². The van der Waals surface area contributed by atoms with Crippen LogP contribution >= 0.6 is 11.8 Å². The zero-order chi connectivity index (χ0) is 20.9. The Morgan fingerprint density at radius 2 is 1.67 bits per heavy atom. The molecule has 5 nitrogen and oxygen atoms in total. The maximum Gasteiger partial charge on any atom is 0.262 e. The Labute approximate surface area is 181 Å². The van der Waals surface area contributed by atoms with Crippen LogP contribution in [0.15, 0.2) is 64.5 Å². The molecule has 1 aliphatic rings. The van der Waals surface area contributed by atoms with E-state index in [0.717, 1.165) is 31.5 Å². The summed E-state index contributed by atoms with van der Waals surface area (Å²) in [4.78, 5) is 32.9. The molecule has 0 spiro atoms. The monoisotopic (exact) mass is 421 g/mol. The van der Waals surface area contributed by atoms with Crippen LogP contribution in [-0.4, -0.2) is 39.2 Å². The van der Waals surface area contributed by atoms with Crippen molar-refractivity contribution < 1.29 is 4.79 Å². The second-order valence-electron chi connectivity index (χ2n) is 7.76. The number of aromatic nitrogens is 2. The molecule has 1 fully saturated rings. The Bertz CT molecular complexity index is 1070. The lowest BCUT2D eigenvalue weighted by molar-refractivity contribution is -0.128. The van der Waals surface area contributed by atoms with Gasteiger partial charge in [0.05, 0.1) is 22.7 Å². The van der Waals surface area contributed by atoms with Crippen LogP contribution in [0, 0.1) is 0 Å². The molecule has 1 amide bonds. The van der Waals surface area contributed by atoms with E-state index in [2.05, 4.69) is 0 Å². The van der Waals surface area contributed by atoms with Gasteiger partial charge in [-0.05, 0) is 37.5 Å². The third-order valence-electron chi connectivity index (χ3n) is 5.73. The van der Waals surface area contributed by atoms with Gasteiger partial charge in [-0.25, -0.2) is 4.98 Å². The third kappa shape index (κ3) is 4.43. The Morgan fingerprint density at radius 3 is 2.40 bits per heavy atom. The van der Waals surface area contributed by atoms with Gasteiger partial charge in [0.15, 0.2) is 5.16 Å². The van der Waals surface area contributed by atoms with Crippen LogP contribution in [0.5, 0.6) is 0 Å². The van der Waals surface area contributed by atoms with Gasteiger partial charge in [-0.3, -0.25) is 14.2 Å². The largest absolute Gasteiger partial charge is 0.342 e. The Morgan fingerprint density at radius 1 is 1.00 bits per heavy atom. The minimum absolute atomic E-state index is 0.0679. The summed E-state index contributed by atoms with van der Waals surface area (Å²) in [6.45, 7) is 3.67. The van der Waals surface area contributed by atoms with Crippen molar-refractivity contribution in [1.29, 1.82) is 0 Å². The zero-order valence-corrected chi connectivity index (χ0v) is 18.1. The van der Waals surface area contributed by atoms with Crippen LogP contribution < -0.4 is 5.56 Å². The first-order chi connectivity index (χ1) is 14.6. The summed E-state index contributed by atoms with van der Waals surface area (Å²) in [6.07, 6.45) is 4.52. The summed E-state index contributed by atoms with van der Waals surface area (Å²) in [7, 11) is 0. The number of thioether (sulfide) groups is 1. The van der Waals surface area contributed by atoms with E-state index in [0.29, 0.717) is 21.8 Å². The van der Waals surface area contributed by atoms with Crippen molar-refractivity contribution in [3.63, 3.8) is 0 Å². The molecular formula is C24H27N3O2S. The summed E-state index contributed by atoms with van der Waals surface area (Å²) >= 11 is 1.37. The molecule has 30 heavy (non-hydrogen) atoms. The van der Waals surface area contributed by atoms with Crippen LogP contribution in [-0.2, 0) is 4.79 Å². The average molecular weight is 422 g/mol. The SMILES string of the molecule is C[C@@H](c1ccccc1)n1c(SCC(=O)N2CCCCCC2)nc2ccccc2c1=O. The first-order valence-electron chi connectivity index (χ1n) is 10.6. The predicted octanol–water partition coefficient (Wildman–Crippen LogP) is 4.50. The van der Waals surface area contributed by atoms with Gasteiger partial charge in [0.25, 0.3) is 5.56 Å². The molecular weight excluding hydrogens is 394 g/mol. The molecule has 0 bridgehead atoms. The second kappa shape index (κ2) is 9.47. The molecule has 0 saturated carbocycles. The fraction of sp³-hybridized carbons (Fsp3) is 0.375. The predicted molar refractivity (Wildman–Crippen MR) is 122 cm³/mol. The minimum atomic E-state index is -0.174. The van der Waals surface area contributed by atoms with Gasteiger partial charge in [0, 0.05) is 13.1 Å². The Kier molecular flexibility index (Phi) is 6.53. The molecule has 3 aromatic rings. The number of rotatable bonds is 5. The van der Waals surface area contributed by atoms with Crippen molar-refractivity contribution in [3.05, 3.63) is 70.5 Å². The van der Waals surface area contributed by atoms with Gasteiger partial charge in [0.2, 0.25) is 5.91 Å². The summed E-state index contributed by atoms with van der Waals surface area (Å²) in [5.41, 5.74) is 1.64. The quantitative estimate of drug-likeness (QED) is 0.450. The minimum Gasteiger partial charge on any atom is -0.342 e. The molecule has 6 heteroatoms. The maximum absolute atomic E-state index is 13.4. The fourth-order valence-corrected chi connectivity index (χ4v) is 4.97. The van der Waals surface area contributed by atoms with E-state index in [1.165, 1.54) is 24.6 Å². The van der Waals surface area contributed by atoms with E-state index in [1.54, 1.807) is 4.57 Å². The Hall–Kier alpha value is -2.60. The Balaban J connectivity index is 1.67. The summed E-state index contributed by atoms with van der Waals surface area (Å²) in [5, 5.41) is 1.20. The van der Waals surface area contributed by atoms with Gasteiger partial charge in [0.1, 0.15) is 0 Å². The van der Waals surface area contributed by atoms with E-state index in [-0.39, 0.29) is 17.5 Å². The number of carbonyl (C=O) groups is 1. The van der Waals surface area contributed by atoms with E-state index in [4.69, 9.17) is 4.98 Å². The molecule has 1 atom stereocenters. The van der Waals surface area contributed by atoms with Crippen molar-refractivity contribution >= 4 is 28.6 Å². The number of amides is 1. The lowest BCUT2D eigenvalue weighted by atomic mass is 10.1. The van der Waals surface area contributed by atoms with Crippen LogP contribution in [0.4, 0.5) is 0 Å². The van der Waals surface area contributed by atoms with Crippen LogP contribution in [0.25, 0.3) is 10.9 Å². The molecule has 0 unspecified atom stereocenters. The maximum atomic E-state index is 13.4. The second-order valence-corrected chi connectivity index (χ2v) is 8.70. The van der Waals surface area contributed by atoms with E-state index in [9.17, 15) is 9.59 Å². The molecule has 0 radical (unpaired) electrons. The lowest BCUT2D eigenvalue weighted by Crippen LogP contribution is -2.33. The number of carbonyl (C=O) groups excluding carboxylic acids is 1. The fourth-order valence-electron chi connectivity index (χ4n) is 3.99. The molecule has 1 aliphatic heterocycles. The van der Waals surface area contributed by atoms with Crippen molar-refractivity contribution in [1.82, 2.24) is 14.5 Å². The number of para-hydroxylation sites is 1. The van der Waals surface area contributed by atoms with Crippen molar-refractivity contribution in [2.24, 2.45) is 0 Å². The molecule has 4 rings (SSSR count). The smallest absolute Gasteiger partial charge is 0.262 e. The molecule has 1 aromatic heterocycles.